The molecule has 130 valence electrons. The Bertz CT molecular complexity index is 975. The first-order valence-electron chi connectivity index (χ1n) is 7.58. The number of nitrogens with two attached hydrogens (primary N) is 1. The number of aryl methyl sites for hydroxylation is 1. The van der Waals surface area contributed by atoms with Gasteiger partial charge in [0.2, 0.25) is 0 Å². The second-order valence-corrected chi connectivity index (χ2v) is 7.75. The number of anilines is 1. The van der Waals surface area contributed by atoms with Gasteiger partial charge in [0.1, 0.15) is 23.7 Å². The molecule has 0 spiro atoms. The van der Waals surface area contributed by atoms with E-state index in [0.29, 0.717) is 34.4 Å². The third kappa shape index (κ3) is 3.83. The van der Waals surface area contributed by atoms with Crippen LogP contribution >= 0.6 is 0 Å². The van der Waals surface area contributed by atoms with Crippen LogP contribution in [-0.4, -0.2) is 19.8 Å². The van der Waals surface area contributed by atoms with Crippen LogP contribution in [0.2, 0.25) is 0 Å². The highest BCUT2D eigenvalue weighted by Gasteiger charge is 2.11. The predicted octanol–water partition coefficient (Wildman–Crippen LogP) is 3.21. The Morgan fingerprint density at radius 1 is 1.08 bits per heavy atom. The van der Waals surface area contributed by atoms with Crippen molar-refractivity contribution in [2.24, 2.45) is 0 Å². The van der Waals surface area contributed by atoms with Crippen molar-refractivity contribution in [2.45, 2.75) is 18.4 Å². The minimum atomic E-state index is -3.18. The standard InChI is InChI=1S/C18H18N2O4S/c1-12-17(19)18(20-24-12)14-5-7-15(8-6-14)23-11-13-3-9-16(10-4-13)25(2,21)22/h3-10H,11,19H2,1-2H3. The third-order valence-corrected chi connectivity index (χ3v) is 4.92. The lowest BCUT2D eigenvalue weighted by atomic mass is 10.1. The van der Waals surface area contributed by atoms with Gasteiger partial charge in [-0.1, -0.05) is 17.3 Å². The van der Waals surface area contributed by atoms with Gasteiger partial charge in [0.05, 0.1) is 4.90 Å². The van der Waals surface area contributed by atoms with Gasteiger partial charge in [-0.2, -0.15) is 0 Å². The van der Waals surface area contributed by atoms with Gasteiger partial charge in [0, 0.05) is 11.8 Å². The van der Waals surface area contributed by atoms with Crippen molar-refractivity contribution in [3.05, 3.63) is 59.9 Å². The van der Waals surface area contributed by atoms with E-state index in [4.69, 9.17) is 15.0 Å². The van der Waals surface area contributed by atoms with Crippen LogP contribution in [0.4, 0.5) is 5.69 Å². The van der Waals surface area contributed by atoms with Gasteiger partial charge in [-0.25, -0.2) is 8.42 Å². The van der Waals surface area contributed by atoms with Gasteiger partial charge in [-0.05, 0) is 48.9 Å². The lowest BCUT2D eigenvalue weighted by molar-refractivity contribution is 0.306. The van der Waals surface area contributed by atoms with Gasteiger partial charge in [-0.15, -0.1) is 0 Å². The second-order valence-electron chi connectivity index (χ2n) is 5.73. The van der Waals surface area contributed by atoms with Crippen molar-refractivity contribution >= 4 is 15.5 Å². The number of hydrogen-bond acceptors (Lipinski definition) is 6. The van der Waals surface area contributed by atoms with Crippen LogP contribution in [0.15, 0.2) is 57.9 Å². The number of rotatable bonds is 5. The fourth-order valence-corrected chi connectivity index (χ4v) is 2.93. The monoisotopic (exact) mass is 358 g/mol. The molecule has 0 amide bonds. The van der Waals surface area contributed by atoms with Gasteiger partial charge in [0.25, 0.3) is 0 Å². The maximum atomic E-state index is 11.4. The summed E-state index contributed by atoms with van der Waals surface area (Å²) < 4.78 is 33.7. The fraction of sp³-hybridized carbons (Fsp3) is 0.167. The van der Waals surface area contributed by atoms with E-state index in [1.165, 1.54) is 6.26 Å². The molecule has 0 saturated heterocycles. The Hall–Kier alpha value is -2.80. The highest BCUT2D eigenvalue weighted by Crippen LogP contribution is 2.28. The molecule has 0 unspecified atom stereocenters. The van der Waals surface area contributed by atoms with E-state index in [1.54, 1.807) is 31.2 Å². The van der Waals surface area contributed by atoms with Crippen LogP contribution in [0.3, 0.4) is 0 Å². The number of nitrogen functional groups attached to an aromatic ring is 1. The van der Waals surface area contributed by atoms with E-state index in [9.17, 15) is 8.42 Å². The van der Waals surface area contributed by atoms with E-state index in [1.807, 2.05) is 24.3 Å². The molecule has 25 heavy (non-hydrogen) atoms. The van der Waals surface area contributed by atoms with Gasteiger partial charge >= 0.3 is 0 Å². The minimum absolute atomic E-state index is 0.293. The Morgan fingerprint density at radius 3 is 2.24 bits per heavy atom. The zero-order chi connectivity index (χ0) is 18.0. The molecular formula is C18H18N2O4S. The Morgan fingerprint density at radius 2 is 1.72 bits per heavy atom. The maximum absolute atomic E-state index is 11.4. The molecule has 0 atom stereocenters. The molecule has 7 heteroatoms. The summed E-state index contributed by atoms with van der Waals surface area (Å²) >= 11 is 0. The van der Waals surface area contributed by atoms with Gasteiger partial charge in [0.15, 0.2) is 15.6 Å². The molecule has 1 aromatic heterocycles. The van der Waals surface area contributed by atoms with Crippen molar-refractivity contribution in [2.75, 3.05) is 12.0 Å². The van der Waals surface area contributed by atoms with E-state index in [-0.39, 0.29) is 0 Å². The molecule has 0 bridgehead atoms. The Balaban J connectivity index is 1.67. The summed E-state index contributed by atoms with van der Waals surface area (Å²) in [5.74, 6) is 1.28. The zero-order valence-electron chi connectivity index (χ0n) is 13.9. The first kappa shape index (κ1) is 17.0. The second kappa shape index (κ2) is 6.60. The lowest BCUT2D eigenvalue weighted by Crippen LogP contribution is -1.99. The van der Waals surface area contributed by atoms with E-state index >= 15 is 0 Å². The molecule has 0 radical (unpaired) electrons. The van der Waals surface area contributed by atoms with Crippen LogP contribution in [-0.2, 0) is 16.4 Å². The summed E-state index contributed by atoms with van der Waals surface area (Å²) in [7, 11) is -3.18. The van der Waals surface area contributed by atoms with Crippen LogP contribution in [0.1, 0.15) is 11.3 Å². The largest absolute Gasteiger partial charge is 0.489 e. The van der Waals surface area contributed by atoms with Gasteiger partial charge < -0.3 is 15.0 Å². The average molecular weight is 358 g/mol. The molecule has 0 aliphatic carbocycles. The first-order chi connectivity index (χ1) is 11.8. The number of ether oxygens (including phenoxy) is 1. The van der Waals surface area contributed by atoms with Crippen LogP contribution in [0.25, 0.3) is 11.3 Å². The summed E-state index contributed by atoms with van der Waals surface area (Å²) in [6, 6.07) is 14.0. The third-order valence-electron chi connectivity index (χ3n) is 3.79. The van der Waals surface area contributed by atoms with Crippen molar-refractivity contribution in [3.63, 3.8) is 0 Å². The summed E-state index contributed by atoms with van der Waals surface area (Å²) in [6.07, 6.45) is 1.18. The van der Waals surface area contributed by atoms with Crippen molar-refractivity contribution < 1.29 is 17.7 Å². The summed E-state index contributed by atoms with van der Waals surface area (Å²) in [5.41, 5.74) is 8.79. The highest BCUT2D eigenvalue weighted by molar-refractivity contribution is 7.90. The lowest BCUT2D eigenvalue weighted by Gasteiger charge is -2.07. The maximum Gasteiger partial charge on any atom is 0.175 e. The number of nitrogens with zero attached hydrogens (tertiary/aromatic N) is 1. The summed E-state index contributed by atoms with van der Waals surface area (Å²) in [6.45, 7) is 2.10. The SMILES string of the molecule is Cc1onc(-c2ccc(OCc3ccc(S(C)(=O)=O)cc3)cc2)c1N. The fourth-order valence-electron chi connectivity index (χ4n) is 2.30. The van der Waals surface area contributed by atoms with E-state index < -0.39 is 9.84 Å². The van der Waals surface area contributed by atoms with Crippen molar-refractivity contribution in [1.29, 1.82) is 0 Å². The molecule has 0 aliphatic rings. The van der Waals surface area contributed by atoms with Crippen LogP contribution in [0.5, 0.6) is 5.75 Å². The minimum Gasteiger partial charge on any atom is -0.489 e. The Labute approximate surface area is 146 Å². The summed E-state index contributed by atoms with van der Waals surface area (Å²) in [5, 5.41) is 3.95. The van der Waals surface area contributed by atoms with Crippen LogP contribution in [0, 0.1) is 6.92 Å². The van der Waals surface area contributed by atoms with Crippen LogP contribution < -0.4 is 10.5 Å². The first-order valence-corrected chi connectivity index (χ1v) is 9.48. The van der Waals surface area contributed by atoms with E-state index in [0.717, 1.165) is 11.1 Å². The van der Waals surface area contributed by atoms with Gasteiger partial charge in [-0.3, -0.25) is 0 Å². The zero-order valence-corrected chi connectivity index (χ0v) is 14.7. The highest BCUT2D eigenvalue weighted by atomic mass is 32.2. The molecule has 0 saturated carbocycles. The smallest absolute Gasteiger partial charge is 0.175 e. The number of benzene rings is 2. The Kier molecular flexibility index (Phi) is 4.50. The molecule has 2 aromatic carbocycles. The topological polar surface area (TPSA) is 95.4 Å². The van der Waals surface area contributed by atoms with Crippen molar-refractivity contribution in [3.8, 4) is 17.0 Å². The number of sulfone groups is 1. The molecule has 3 rings (SSSR count). The average Bonchev–Trinajstić information content (AvgIpc) is 2.92. The quantitative estimate of drug-likeness (QED) is 0.752. The molecular weight excluding hydrogens is 340 g/mol. The van der Waals surface area contributed by atoms with E-state index in [2.05, 4.69) is 5.16 Å². The number of aromatic nitrogens is 1. The molecule has 1 heterocycles. The summed E-state index contributed by atoms with van der Waals surface area (Å²) in [4.78, 5) is 0.293. The number of hydrogen-bond donors (Lipinski definition) is 1. The normalized spacial score (nSPS) is 11.4. The molecule has 2 N–H and O–H groups in total. The molecule has 0 aliphatic heterocycles. The molecule has 3 aromatic rings. The molecule has 6 nitrogen and oxygen atoms in total. The van der Waals surface area contributed by atoms with Crippen molar-refractivity contribution in [1.82, 2.24) is 5.16 Å². The molecule has 0 fully saturated rings. The predicted molar refractivity (Wildman–Crippen MR) is 95.0 cm³/mol.